The Bertz CT molecular complexity index is 666. The molecule has 1 amide bonds. The summed E-state index contributed by atoms with van der Waals surface area (Å²) in [5.74, 6) is -2.10. The Morgan fingerprint density at radius 1 is 1.19 bits per heavy atom. The fourth-order valence-corrected chi connectivity index (χ4v) is 2.17. The minimum absolute atomic E-state index is 0.130. The highest BCUT2D eigenvalue weighted by atomic mass is 19.2. The predicted octanol–water partition coefficient (Wildman–Crippen LogP) is 2.09. The summed E-state index contributed by atoms with van der Waals surface area (Å²) in [4.78, 5) is 14.0. The zero-order valence-corrected chi connectivity index (χ0v) is 11.0. The number of halogens is 2. The SMILES string of the molecule is O=C(c1cnoc1-c1ccc(F)c(F)c1)N1CCOCC1. The van der Waals surface area contributed by atoms with Crippen molar-refractivity contribution >= 4 is 5.91 Å². The normalized spacial score (nSPS) is 15.2. The quantitative estimate of drug-likeness (QED) is 0.851. The summed E-state index contributed by atoms with van der Waals surface area (Å²) in [5.41, 5.74) is 0.492. The van der Waals surface area contributed by atoms with Gasteiger partial charge < -0.3 is 14.2 Å². The number of rotatable bonds is 2. The Hall–Kier alpha value is -2.28. The molecule has 110 valence electrons. The second-order valence-electron chi connectivity index (χ2n) is 4.60. The number of morpholine rings is 1. The van der Waals surface area contributed by atoms with Gasteiger partial charge in [-0.25, -0.2) is 8.78 Å². The number of hydrogen-bond acceptors (Lipinski definition) is 4. The summed E-state index contributed by atoms with van der Waals surface area (Å²) in [7, 11) is 0. The van der Waals surface area contributed by atoms with Crippen LogP contribution < -0.4 is 0 Å². The molecule has 1 saturated heterocycles. The van der Waals surface area contributed by atoms with Crippen molar-refractivity contribution < 1.29 is 22.8 Å². The average Bonchev–Trinajstić information content (AvgIpc) is 2.99. The monoisotopic (exact) mass is 294 g/mol. The highest BCUT2D eigenvalue weighted by molar-refractivity contribution is 5.99. The maximum Gasteiger partial charge on any atom is 0.259 e. The minimum atomic E-state index is -1.01. The summed E-state index contributed by atoms with van der Waals surface area (Å²) >= 11 is 0. The summed E-state index contributed by atoms with van der Waals surface area (Å²) in [6.07, 6.45) is 1.29. The number of amides is 1. The summed E-state index contributed by atoms with van der Waals surface area (Å²) < 4.78 is 36.5. The molecular formula is C14H12F2N2O3. The molecule has 1 aromatic carbocycles. The van der Waals surface area contributed by atoms with E-state index in [2.05, 4.69) is 5.16 Å². The van der Waals surface area contributed by atoms with E-state index < -0.39 is 11.6 Å². The van der Waals surface area contributed by atoms with Gasteiger partial charge in [-0.05, 0) is 18.2 Å². The smallest absolute Gasteiger partial charge is 0.259 e. The van der Waals surface area contributed by atoms with Crippen molar-refractivity contribution in [1.29, 1.82) is 0 Å². The number of aromatic nitrogens is 1. The first-order valence-electron chi connectivity index (χ1n) is 6.44. The Morgan fingerprint density at radius 3 is 2.67 bits per heavy atom. The van der Waals surface area contributed by atoms with Crippen molar-refractivity contribution in [2.45, 2.75) is 0 Å². The van der Waals surface area contributed by atoms with Gasteiger partial charge in [0.25, 0.3) is 5.91 Å². The molecule has 0 bridgehead atoms. The van der Waals surface area contributed by atoms with Gasteiger partial charge in [0.15, 0.2) is 17.4 Å². The van der Waals surface area contributed by atoms with Crippen LogP contribution in [0.3, 0.4) is 0 Å². The van der Waals surface area contributed by atoms with E-state index in [-0.39, 0.29) is 22.8 Å². The topological polar surface area (TPSA) is 55.6 Å². The molecule has 0 spiro atoms. The van der Waals surface area contributed by atoms with Crippen LogP contribution in [-0.4, -0.2) is 42.3 Å². The Labute approximate surface area is 119 Å². The fourth-order valence-electron chi connectivity index (χ4n) is 2.17. The van der Waals surface area contributed by atoms with Crippen LogP contribution in [0.1, 0.15) is 10.4 Å². The first-order valence-corrected chi connectivity index (χ1v) is 6.44. The molecule has 0 radical (unpaired) electrons. The lowest BCUT2D eigenvalue weighted by Crippen LogP contribution is -2.40. The molecule has 0 aliphatic carbocycles. The maximum absolute atomic E-state index is 13.3. The van der Waals surface area contributed by atoms with Gasteiger partial charge in [-0.15, -0.1) is 0 Å². The van der Waals surface area contributed by atoms with Crippen LogP contribution >= 0.6 is 0 Å². The number of hydrogen-bond donors (Lipinski definition) is 0. The van der Waals surface area contributed by atoms with Gasteiger partial charge in [-0.2, -0.15) is 0 Å². The molecule has 21 heavy (non-hydrogen) atoms. The number of ether oxygens (including phenoxy) is 1. The standard InChI is InChI=1S/C14H12F2N2O3/c15-11-2-1-9(7-12(11)16)13-10(8-17-21-13)14(19)18-3-5-20-6-4-18/h1-2,7-8H,3-6H2. The van der Waals surface area contributed by atoms with Gasteiger partial charge in [0.05, 0.1) is 19.4 Å². The fraction of sp³-hybridized carbons (Fsp3) is 0.286. The van der Waals surface area contributed by atoms with E-state index in [0.29, 0.717) is 26.3 Å². The zero-order valence-electron chi connectivity index (χ0n) is 11.0. The van der Waals surface area contributed by atoms with E-state index in [1.807, 2.05) is 0 Å². The molecule has 1 aromatic heterocycles. The van der Waals surface area contributed by atoms with Crippen molar-refractivity contribution in [2.75, 3.05) is 26.3 Å². The molecule has 0 N–H and O–H groups in total. The maximum atomic E-state index is 13.3. The number of benzene rings is 1. The van der Waals surface area contributed by atoms with Crippen LogP contribution in [0, 0.1) is 11.6 Å². The van der Waals surface area contributed by atoms with E-state index in [1.165, 1.54) is 12.3 Å². The zero-order chi connectivity index (χ0) is 14.8. The first kappa shape index (κ1) is 13.7. The Balaban J connectivity index is 1.92. The first-order chi connectivity index (χ1) is 10.2. The van der Waals surface area contributed by atoms with E-state index in [1.54, 1.807) is 4.90 Å². The van der Waals surface area contributed by atoms with Crippen LogP contribution in [0.15, 0.2) is 28.9 Å². The summed E-state index contributed by atoms with van der Waals surface area (Å²) in [5, 5.41) is 3.60. The lowest BCUT2D eigenvalue weighted by molar-refractivity contribution is 0.0303. The lowest BCUT2D eigenvalue weighted by Gasteiger charge is -2.26. The molecule has 5 nitrogen and oxygen atoms in total. The molecule has 3 rings (SSSR count). The molecule has 2 aromatic rings. The summed E-state index contributed by atoms with van der Waals surface area (Å²) in [6.45, 7) is 1.89. The molecule has 0 unspecified atom stereocenters. The van der Waals surface area contributed by atoms with Crippen molar-refractivity contribution in [3.05, 3.63) is 41.6 Å². The van der Waals surface area contributed by atoms with Crippen molar-refractivity contribution in [3.8, 4) is 11.3 Å². The number of carbonyl (C=O) groups excluding carboxylic acids is 1. The van der Waals surface area contributed by atoms with E-state index in [4.69, 9.17) is 9.26 Å². The minimum Gasteiger partial charge on any atom is -0.378 e. The Morgan fingerprint density at radius 2 is 1.95 bits per heavy atom. The van der Waals surface area contributed by atoms with Gasteiger partial charge in [0.2, 0.25) is 0 Å². The predicted molar refractivity (Wildman–Crippen MR) is 68.6 cm³/mol. The van der Waals surface area contributed by atoms with Crippen LogP contribution in [0.25, 0.3) is 11.3 Å². The van der Waals surface area contributed by atoms with Gasteiger partial charge >= 0.3 is 0 Å². The molecule has 0 atom stereocenters. The molecule has 7 heteroatoms. The molecule has 1 aliphatic heterocycles. The van der Waals surface area contributed by atoms with Crippen molar-refractivity contribution in [3.63, 3.8) is 0 Å². The van der Waals surface area contributed by atoms with Gasteiger partial charge in [-0.3, -0.25) is 4.79 Å². The molecule has 1 aliphatic rings. The second kappa shape index (κ2) is 5.61. The van der Waals surface area contributed by atoms with Crippen LogP contribution in [0.4, 0.5) is 8.78 Å². The number of nitrogens with zero attached hydrogens (tertiary/aromatic N) is 2. The average molecular weight is 294 g/mol. The second-order valence-corrected chi connectivity index (χ2v) is 4.60. The van der Waals surface area contributed by atoms with E-state index >= 15 is 0 Å². The van der Waals surface area contributed by atoms with Crippen molar-refractivity contribution in [2.24, 2.45) is 0 Å². The van der Waals surface area contributed by atoms with Gasteiger partial charge in [-0.1, -0.05) is 5.16 Å². The molecule has 0 saturated carbocycles. The van der Waals surface area contributed by atoms with Gasteiger partial charge in [0, 0.05) is 18.7 Å². The third-order valence-corrected chi connectivity index (χ3v) is 3.28. The van der Waals surface area contributed by atoms with E-state index in [0.717, 1.165) is 12.1 Å². The van der Waals surface area contributed by atoms with Crippen molar-refractivity contribution in [1.82, 2.24) is 10.1 Å². The highest BCUT2D eigenvalue weighted by Gasteiger charge is 2.25. The molecular weight excluding hydrogens is 282 g/mol. The largest absolute Gasteiger partial charge is 0.378 e. The third-order valence-electron chi connectivity index (χ3n) is 3.28. The third kappa shape index (κ3) is 2.64. The van der Waals surface area contributed by atoms with E-state index in [9.17, 15) is 13.6 Å². The van der Waals surface area contributed by atoms with Gasteiger partial charge in [0.1, 0.15) is 5.56 Å². The van der Waals surface area contributed by atoms with Crippen LogP contribution in [0.2, 0.25) is 0 Å². The number of carbonyl (C=O) groups is 1. The lowest BCUT2D eigenvalue weighted by atomic mass is 10.1. The highest BCUT2D eigenvalue weighted by Crippen LogP contribution is 2.26. The summed E-state index contributed by atoms with van der Waals surface area (Å²) in [6, 6.07) is 3.30. The molecule has 2 heterocycles. The Kier molecular flexibility index (Phi) is 3.66. The van der Waals surface area contributed by atoms with Crippen LogP contribution in [0.5, 0.6) is 0 Å². The molecule has 1 fully saturated rings. The van der Waals surface area contributed by atoms with Crippen LogP contribution in [-0.2, 0) is 4.74 Å².